The summed E-state index contributed by atoms with van der Waals surface area (Å²) in [6.07, 6.45) is -0.251. The average Bonchev–Trinajstić information content (AvgIpc) is 3.39. The monoisotopic (exact) mass is 535 g/mol. The number of aliphatic hydroxyl groups excluding tert-OH is 1. The van der Waals surface area contributed by atoms with Crippen molar-refractivity contribution in [3.8, 4) is 0 Å². The Balaban J connectivity index is 1.76. The molecular formula is C31H25N3O6. The zero-order valence-corrected chi connectivity index (χ0v) is 21.8. The molecular weight excluding hydrogens is 510 g/mol. The van der Waals surface area contributed by atoms with Crippen molar-refractivity contribution in [2.75, 3.05) is 17.0 Å². The van der Waals surface area contributed by atoms with Crippen LogP contribution in [-0.2, 0) is 23.9 Å². The second-order valence-corrected chi connectivity index (χ2v) is 9.94. The number of Topliss-reactive ketones (excluding diaryl/α,β-unsaturated/α-hetero) is 1. The number of hydrogen-bond acceptors (Lipinski definition) is 7. The van der Waals surface area contributed by atoms with Crippen LogP contribution >= 0.6 is 0 Å². The van der Waals surface area contributed by atoms with E-state index < -0.39 is 51.8 Å². The summed E-state index contributed by atoms with van der Waals surface area (Å²) < 4.78 is 5.34. The van der Waals surface area contributed by atoms with Gasteiger partial charge in [-0.05, 0) is 36.8 Å². The van der Waals surface area contributed by atoms with Crippen molar-refractivity contribution in [1.29, 1.82) is 0 Å². The number of hydrazone groups is 1. The number of aliphatic hydroxyl groups is 1. The Morgan fingerprint density at radius 1 is 0.900 bits per heavy atom. The molecule has 9 heteroatoms. The number of carbonyl (C=O) groups is 4. The molecule has 1 N–H and O–H groups in total. The van der Waals surface area contributed by atoms with E-state index in [1.165, 1.54) is 5.01 Å². The molecule has 2 heterocycles. The Kier molecular flexibility index (Phi) is 5.69. The predicted molar refractivity (Wildman–Crippen MR) is 147 cm³/mol. The van der Waals surface area contributed by atoms with Gasteiger partial charge in [-0.15, -0.1) is 0 Å². The lowest BCUT2D eigenvalue weighted by Gasteiger charge is -2.54. The number of anilines is 2. The smallest absolute Gasteiger partial charge is 0.338 e. The van der Waals surface area contributed by atoms with Crippen molar-refractivity contribution in [3.63, 3.8) is 0 Å². The molecule has 40 heavy (non-hydrogen) atoms. The number of fused-ring (bicyclic) bond motifs is 2. The summed E-state index contributed by atoms with van der Waals surface area (Å²) in [6.45, 7) is 1.61. The number of ketones is 1. The third kappa shape index (κ3) is 3.00. The minimum absolute atomic E-state index is 0.203. The van der Waals surface area contributed by atoms with Gasteiger partial charge in [-0.2, -0.15) is 10.1 Å². The number of nitrogens with zero attached hydrogens (tertiary/aromatic N) is 3. The average molecular weight is 536 g/mol. The number of amides is 2. The molecule has 3 aliphatic rings. The van der Waals surface area contributed by atoms with E-state index in [4.69, 9.17) is 4.74 Å². The first-order valence-electron chi connectivity index (χ1n) is 12.8. The molecule has 3 unspecified atom stereocenters. The number of esters is 1. The Morgan fingerprint density at radius 2 is 1.45 bits per heavy atom. The van der Waals surface area contributed by atoms with Crippen molar-refractivity contribution < 1.29 is 29.0 Å². The number of rotatable bonds is 4. The third-order valence-corrected chi connectivity index (χ3v) is 8.15. The standard InChI is InChI=1S/C31H25N3O6/c1-19-30(28(38)34(32-19)22-16-10-5-11-17-22)23(20-12-6-3-7-13-20)18-24(35)25-26(36)27(37)33(21-14-8-4-9-15-21)31(25,30)29(39)40-2/h3-17,23,36H,18H2,1-2H3. The van der Waals surface area contributed by atoms with Gasteiger partial charge in [0.05, 0.1) is 24.1 Å². The first-order chi connectivity index (χ1) is 19.3. The fourth-order valence-corrected chi connectivity index (χ4v) is 6.65. The van der Waals surface area contributed by atoms with Crippen molar-refractivity contribution in [2.45, 2.75) is 24.8 Å². The minimum Gasteiger partial charge on any atom is -0.503 e. The quantitative estimate of drug-likeness (QED) is 0.506. The van der Waals surface area contributed by atoms with E-state index >= 15 is 0 Å². The van der Waals surface area contributed by atoms with E-state index in [1.54, 1.807) is 97.9 Å². The summed E-state index contributed by atoms with van der Waals surface area (Å²) >= 11 is 0. The summed E-state index contributed by atoms with van der Waals surface area (Å²) in [4.78, 5) is 58.2. The zero-order chi connectivity index (χ0) is 28.2. The van der Waals surface area contributed by atoms with Gasteiger partial charge in [0, 0.05) is 18.0 Å². The summed E-state index contributed by atoms with van der Waals surface area (Å²) in [5.41, 5.74) is -3.34. The van der Waals surface area contributed by atoms with E-state index in [9.17, 15) is 24.3 Å². The Morgan fingerprint density at radius 3 is 2.02 bits per heavy atom. The fraction of sp³-hybridized carbons (Fsp3) is 0.194. The van der Waals surface area contributed by atoms with E-state index in [-0.39, 0.29) is 17.8 Å². The Labute approximate surface area is 230 Å². The molecule has 1 saturated carbocycles. The molecule has 3 aromatic rings. The molecule has 2 amide bonds. The van der Waals surface area contributed by atoms with Gasteiger partial charge in [0.1, 0.15) is 5.41 Å². The molecule has 6 rings (SSSR count). The molecule has 9 nitrogen and oxygen atoms in total. The van der Waals surface area contributed by atoms with Gasteiger partial charge in [-0.1, -0.05) is 66.7 Å². The van der Waals surface area contributed by atoms with Gasteiger partial charge in [0.15, 0.2) is 17.1 Å². The molecule has 3 atom stereocenters. The van der Waals surface area contributed by atoms with Crippen LogP contribution in [0.15, 0.2) is 107 Å². The van der Waals surface area contributed by atoms with Crippen LogP contribution in [0, 0.1) is 5.41 Å². The Hall–Kier alpha value is -5.05. The van der Waals surface area contributed by atoms with Crippen LogP contribution in [0.25, 0.3) is 0 Å². The van der Waals surface area contributed by atoms with Crippen LogP contribution in [0.1, 0.15) is 24.8 Å². The van der Waals surface area contributed by atoms with Crippen LogP contribution in [0.2, 0.25) is 0 Å². The molecule has 0 aromatic heterocycles. The van der Waals surface area contributed by atoms with Crippen molar-refractivity contribution in [1.82, 2.24) is 0 Å². The van der Waals surface area contributed by atoms with Crippen LogP contribution in [0.4, 0.5) is 11.4 Å². The zero-order valence-electron chi connectivity index (χ0n) is 21.8. The largest absolute Gasteiger partial charge is 0.503 e. The van der Waals surface area contributed by atoms with Crippen molar-refractivity contribution in [3.05, 3.63) is 108 Å². The van der Waals surface area contributed by atoms with E-state index in [2.05, 4.69) is 5.10 Å². The Bertz CT molecular complexity index is 1620. The fourth-order valence-electron chi connectivity index (χ4n) is 6.65. The second-order valence-electron chi connectivity index (χ2n) is 9.94. The van der Waals surface area contributed by atoms with Gasteiger partial charge >= 0.3 is 5.97 Å². The maximum Gasteiger partial charge on any atom is 0.338 e. The van der Waals surface area contributed by atoms with Crippen molar-refractivity contribution in [2.24, 2.45) is 10.5 Å². The number of hydrogen-bond donors (Lipinski definition) is 1. The van der Waals surface area contributed by atoms with Gasteiger partial charge in [-0.3, -0.25) is 19.3 Å². The molecule has 0 saturated heterocycles. The number of benzene rings is 3. The van der Waals surface area contributed by atoms with E-state index in [0.29, 0.717) is 11.3 Å². The maximum absolute atomic E-state index is 15.0. The highest BCUT2D eigenvalue weighted by molar-refractivity contribution is 6.33. The number of carbonyl (C=O) groups excluding carboxylic acids is 4. The molecule has 1 fully saturated rings. The van der Waals surface area contributed by atoms with E-state index in [0.717, 1.165) is 12.0 Å². The topological polar surface area (TPSA) is 117 Å². The second kappa shape index (κ2) is 9.01. The normalized spacial score (nSPS) is 25.9. The molecule has 200 valence electrons. The first-order valence-corrected chi connectivity index (χ1v) is 12.8. The molecule has 2 aliphatic heterocycles. The lowest BCUT2D eigenvalue weighted by molar-refractivity contribution is -0.156. The van der Waals surface area contributed by atoms with Crippen LogP contribution in [-0.4, -0.2) is 47.0 Å². The summed E-state index contributed by atoms with van der Waals surface area (Å²) in [5.74, 6) is -5.08. The van der Waals surface area contributed by atoms with Gasteiger partial charge < -0.3 is 9.84 Å². The highest BCUT2D eigenvalue weighted by atomic mass is 16.5. The molecule has 0 radical (unpaired) electrons. The summed E-state index contributed by atoms with van der Waals surface area (Å²) in [6, 6.07) is 25.8. The predicted octanol–water partition coefficient (Wildman–Crippen LogP) is 3.92. The van der Waals surface area contributed by atoms with Crippen molar-refractivity contribution >= 4 is 40.7 Å². The summed E-state index contributed by atoms with van der Waals surface area (Å²) in [7, 11) is 1.13. The lowest BCUT2D eigenvalue weighted by atomic mass is 9.50. The molecule has 1 spiro atoms. The van der Waals surface area contributed by atoms with E-state index in [1.807, 2.05) is 0 Å². The highest BCUT2D eigenvalue weighted by Gasteiger charge is 2.81. The molecule has 0 bridgehead atoms. The maximum atomic E-state index is 15.0. The lowest BCUT2D eigenvalue weighted by Crippen LogP contribution is -2.74. The number of para-hydroxylation sites is 2. The number of ether oxygens (including phenoxy) is 1. The van der Waals surface area contributed by atoms with Gasteiger partial charge in [0.25, 0.3) is 11.8 Å². The summed E-state index contributed by atoms with van der Waals surface area (Å²) in [5, 5.41) is 17.1. The minimum atomic E-state index is -2.38. The SMILES string of the molecule is COC(=O)C12C(=C(O)C(=O)N1c1ccccc1)C(=O)CC(c1ccccc1)C21C(=O)N(c2ccccc2)N=C1C. The first kappa shape index (κ1) is 25.2. The molecule has 1 aliphatic carbocycles. The van der Waals surface area contributed by atoms with Crippen LogP contribution in [0.3, 0.4) is 0 Å². The highest BCUT2D eigenvalue weighted by Crippen LogP contribution is 2.63. The third-order valence-electron chi connectivity index (χ3n) is 8.15. The van der Waals surface area contributed by atoms with Crippen LogP contribution < -0.4 is 9.91 Å². The van der Waals surface area contributed by atoms with Crippen LogP contribution in [0.5, 0.6) is 0 Å². The van der Waals surface area contributed by atoms with Gasteiger partial charge in [0.2, 0.25) is 0 Å². The van der Waals surface area contributed by atoms with Gasteiger partial charge in [-0.25, -0.2) is 4.79 Å². The molecule has 3 aromatic carbocycles. The number of methoxy groups -OCH3 is 1.